The molecule has 1 heterocycles. The fourth-order valence-electron chi connectivity index (χ4n) is 3.35. The third kappa shape index (κ3) is 3.90. The largest absolute Gasteiger partial charge is 0.385 e. The van der Waals surface area contributed by atoms with Crippen molar-refractivity contribution in [3.8, 4) is 0 Å². The molecule has 2 atom stereocenters. The topological polar surface area (TPSA) is 52.6 Å². The summed E-state index contributed by atoms with van der Waals surface area (Å²) in [5, 5.41) is 13.8. The molecule has 1 aromatic rings. The SMILES string of the molecule is C[C@H]1C[C@H]1C(=O)NCCN1CCC(O)(c2ccc(F)cc2)CC1. The molecule has 3 rings (SSSR count). The Labute approximate surface area is 136 Å². The van der Waals surface area contributed by atoms with Gasteiger partial charge in [-0.05, 0) is 42.9 Å². The van der Waals surface area contributed by atoms with E-state index >= 15 is 0 Å². The van der Waals surface area contributed by atoms with E-state index in [1.807, 2.05) is 0 Å². The van der Waals surface area contributed by atoms with Gasteiger partial charge in [0.2, 0.25) is 5.91 Å². The standard InChI is InChI=1S/C18H25FN2O2/c1-13-12-16(13)17(22)20-8-11-21-9-6-18(23,7-10-21)14-2-4-15(19)5-3-14/h2-5,13,16,23H,6-12H2,1H3,(H,20,22)/t13-,16+/m0/s1. The maximum absolute atomic E-state index is 13.0. The second-order valence-electron chi connectivity index (χ2n) is 6.99. The summed E-state index contributed by atoms with van der Waals surface area (Å²) in [7, 11) is 0. The number of carbonyl (C=O) groups is 1. The van der Waals surface area contributed by atoms with Crippen molar-refractivity contribution in [1.82, 2.24) is 10.2 Å². The Bertz CT molecular complexity index is 553. The van der Waals surface area contributed by atoms with Crippen molar-refractivity contribution < 1.29 is 14.3 Å². The van der Waals surface area contributed by atoms with E-state index in [4.69, 9.17) is 0 Å². The molecule has 1 amide bonds. The van der Waals surface area contributed by atoms with Crippen molar-refractivity contribution in [2.24, 2.45) is 11.8 Å². The fraction of sp³-hybridized carbons (Fsp3) is 0.611. The lowest BCUT2D eigenvalue weighted by atomic mass is 9.84. The Kier molecular flexibility index (Phi) is 4.69. The van der Waals surface area contributed by atoms with E-state index in [0.717, 1.165) is 31.6 Å². The highest BCUT2D eigenvalue weighted by molar-refractivity contribution is 5.81. The lowest BCUT2D eigenvalue weighted by Gasteiger charge is -2.38. The van der Waals surface area contributed by atoms with Gasteiger partial charge < -0.3 is 15.3 Å². The van der Waals surface area contributed by atoms with Crippen LogP contribution in [0, 0.1) is 17.7 Å². The molecule has 0 radical (unpaired) electrons. The number of nitrogens with zero attached hydrogens (tertiary/aromatic N) is 1. The Balaban J connectivity index is 1.43. The van der Waals surface area contributed by atoms with Gasteiger partial charge in [0.25, 0.3) is 0 Å². The number of likely N-dealkylation sites (tertiary alicyclic amines) is 1. The second-order valence-corrected chi connectivity index (χ2v) is 6.99. The van der Waals surface area contributed by atoms with Crippen LogP contribution < -0.4 is 5.32 Å². The van der Waals surface area contributed by atoms with E-state index in [1.165, 1.54) is 12.1 Å². The molecule has 0 aromatic heterocycles. The number of benzene rings is 1. The molecule has 0 spiro atoms. The van der Waals surface area contributed by atoms with Crippen LogP contribution in [0.4, 0.5) is 4.39 Å². The molecule has 1 aliphatic heterocycles. The van der Waals surface area contributed by atoms with Crippen LogP contribution in [0.5, 0.6) is 0 Å². The molecule has 2 N–H and O–H groups in total. The Morgan fingerprint density at radius 2 is 1.96 bits per heavy atom. The van der Waals surface area contributed by atoms with Gasteiger partial charge in [0.15, 0.2) is 0 Å². The maximum Gasteiger partial charge on any atom is 0.223 e. The first-order chi connectivity index (χ1) is 11.0. The van der Waals surface area contributed by atoms with Gasteiger partial charge in [0, 0.05) is 32.1 Å². The molecule has 0 unspecified atom stereocenters. The summed E-state index contributed by atoms with van der Waals surface area (Å²) in [6.07, 6.45) is 2.28. The van der Waals surface area contributed by atoms with Crippen molar-refractivity contribution in [1.29, 1.82) is 0 Å². The number of carbonyl (C=O) groups excluding carboxylic acids is 1. The first-order valence-corrected chi connectivity index (χ1v) is 8.46. The minimum Gasteiger partial charge on any atom is -0.385 e. The minimum atomic E-state index is -0.864. The first kappa shape index (κ1) is 16.4. The molecule has 23 heavy (non-hydrogen) atoms. The van der Waals surface area contributed by atoms with E-state index in [-0.39, 0.29) is 17.6 Å². The van der Waals surface area contributed by atoms with Gasteiger partial charge in [0.1, 0.15) is 5.82 Å². The van der Waals surface area contributed by atoms with Gasteiger partial charge in [-0.15, -0.1) is 0 Å². The lowest BCUT2D eigenvalue weighted by molar-refractivity contribution is -0.122. The molecule has 1 aromatic carbocycles. The second kappa shape index (κ2) is 6.57. The highest BCUT2D eigenvalue weighted by atomic mass is 19.1. The maximum atomic E-state index is 13.0. The summed E-state index contributed by atoms with van der Waals surface area (Å²) in [6, 6.07) is 6.13. The third-order valence-electron chi connectivity index (χ3n) is 5.24. The Hall–Kier alpha value is -1.46. The summed E-state index contributed by atoms with van der Waals surface area (Å²) in [4.78, 5) is 14.0. The molecular formula is C18H25FN2O2. The minimum absolute atomic E-state index is 0.178. The number of hydrogen-bond acceptors (Lipinski definition) is 3. The van der Waals surface area contributed by atoms with Gasteiger partial charge in [-0.2, -0.15) is 0 Å². The number of rotatable bonds is 5. The molecule has 2 aliphatic rings. The smallest absolute Gasteiger partial charge is 0.223 e. The van der Waals surface area contributed by atoms with Gasteiger partial charge in [-0.25, -0.2) is 4.39 Å². The van der Waals surface area contributed by atoms with Crippen LogP contribution in [0.15, 0.2) is 24.3 Å². The number of aliphatic hydroxyl groups is 1. The zero-order valence-corrected chi connectivity index (χ0v) is 13.6. The zero-order chi connectivity index (χ0) is 16.4. The molecule has 1 aliphatic carbocycles. The van der Waals surface area contributed by atoms with E-state index in [9.17, 15) is 14.3 Å². The predicted octanol–water partition coefficient (Wildman–Crippen LogP) is 1.88. The van der Waals surface area contributed by atoms with Crippen LogP contribution in [-0.4, -0.2) is 42.1 Å². The van der Waals surface area contributed by atoms with Gasteiger partial charge in [-0.3, -0.25) is 4.79 Å². The summed E-state index contributed by atoms with van der Waals surface area (Å²) >= 11 is 0. The van der Waals surface area contributed by atoms with Crippen LogP contribution in [0.25, 0.3) is 0 Å². The van der Waals surface area contributed by atoms with Crippen LogP contribution in [0.2, 0.25) is 0 Å². The van der Waals surface area contributed by atoms with Gasteiger partial charge in [0.05, 0.1) is 5.60 Å². The van der Waals surface area contributed by atoms with Crippen LogP contribution in [0.3, 0.4) is 0 Å². The molecule has 4 nitrogen and oxygen atoms in total. The zero-order valence-electron chi connectivity index (χ0n) is 13.6. The summed E-state index contributed by atoms with van der Waals surface area (Å²) in [5.41, 5.74) is -0.0776. The van der Waals surface area contributed by atoms with Crippen LogP contribution >= 0.6 is 0 Å². The van der Waals surface area contributed by atoms with Crippen LogP contribution in [0.1, 0.15) is 31.7 Å². The lowest BCUT2D eigenvalue weighted by Crippen LogP contribution is -2.45. The van der Waals surface area contributed by atoms with Crippen molar-refractivity contribution in [3.05, 3.63) is 35.6 Å². The summed E-state index contributed by atoms with van der Waals surface area (Å²) < 4.78 is 13.0. The average molecular weight is 320 g/mol. The molecule has 126 valence electrons. The molecule has 0 bridgehead atoms. The monoisotopic (exact) mass is 320 g/mol. The van der Waals surface area contributed by atoms with Crippen molar-refractivity contribution in [2.75, 3.05) is 26.2 Å². The number of hydrogen-bond donors (Lipinski definition) is 2. The number of halogens is 1. The third-order valence-corrected chi connectivity index (χ3v) is 5.24. The number of amides is 1. The Morgan fingerprint density at radius 1 is 1.35 bits per heavy atom. The van der Waals surface area contributed by atoms with Crippen LogP contribution in [-0.2, 0) is 10.4 Å². The van der Waals surface area contributed by atoms with Crippen molar-refractivity contribution >= 4 is 5.91 Å². The number of piperidine rings is 1. The number of nitrogens with one attached hydrogen (secondary N) is 1. The predicted molar refractivity (Wildman–Crippen MR) is 86.3 cm³/mol. The molecule has 5 heteroatoms. The van der Waals surface area contributed by atoms with E-state index in [0.29, 0.717) is 25.3 Å². The van der Waals surface area contributed by atoms with E-state index in [1.54, 1.807) is 12.1 Å². The highest BCUT2D eigenvalue weighted by Gasteiger charge is 2.39. The Morgan fingerprint density at radius 3 is 2.52 bits per heavy atom. The summed E-state index contributed by atoms with van der Waals surface area (Å²) in [6.45, 7) is 5.14. The highest BCUT2D eigenvalue weighted by Crippen LogP contribution is 2.37. The fourth-order valence-corrected chi connectivity index (χ4v) is 3.35. The first-order valence-electron chi connectivity index (χ1n) is 8.46. The molecular weight excluding hydrogens is 295 g/mol. The van der Waals surface area contributed by atoms with E-state index in [2.05, 4.69) is 17.1 Å². The molecule has 2 fully saturated rings. The molecule has 1 saturated carbocycles. The normalized spacial score (nSPS) is 26.7. The van der Waals surface area contributed by atoms with Crippen molar-refractivity contribution in [2.45, 2.75) is 31.8 Å². The molecule has 1 saturated heterocycles. The van der Waals surface area contributed by atoms with Gasteiger partial charge in [-0.1, -0.05) is 19.1 Å². The summed E-state index contributed by atoms with van der Waals surface area (Å²) in [5.74, 6) is 0.656. The quantitative estimate of drug-likeness (QED) is 0.871. The van der Waals surface area contributed by atoms with Crippen molar-refractivity contribution in [3.63, 3.8) is 0 Å². The van der Waals surface area contributed by atoms with E-state index < -0.39 is 5.60 Å². The van der Waals surface area contributed by atoms with Gasteiger partial charge >= 0.3 is 0 Å². The average Bonchev–Trinajstić information content (AvgIpc) is 3.27.